The molecule has 108 valence electrons. The molecule has 7 nitrogen and oxygen atoms in total. The molecular weight excluding hydrogens is 252 g/mol. The zero-order valence-corrected chi connectivity index (χ0v) is 11.1. The van der Waals surface area contributed by atoms with E-state index in [-0.39, 0.29) is 6.54 Å². The molecule has 1 saturated heterocycles. The number of carboxylic acids is 1. The number of ether oxygens (including phenoxy) is 1. The highest BCUT2D eigenvalue weighted by molar-refractivity contribution is 5.93. The monoisotopic (exact) mass is 272 g/mol. The number of nitrogens with one attached hydrogen (secondary N) is 1. The fourth-order valence-corrected chi connectivity index (χ4v) is 2.20. The number of aliphatic carboxylic acids is 1. The second-order valence-corrected chi connectivity index (χ2v) is 4.57. The molecule has 2 amide bonds. The van der Waals surface area contributed by atoms with Crippen LogP contribution in [0, 0.1) is 0 Å². The fraction of sp³-hybridized carbons (Fsp3) is 0.750. The number of carboxylic acid groups (broad SMARTS) is 1. The Morgan fingerprint density at radius 2 is 1.95 bits per heavy atom. The Kier molecular flexibility index (Phi) is 6.27. The largest absolute Gasteiger partial charge is 0.480 e. The lowest BCUT2D eigenvalue weighted by atomic mass is 10.0. The molecule has 0 saturated carbocycles. The number of rotatable bonds is 3. The zero-order valence-electron chi connectivity index (χ0n) is 11.1. The Balaban J connectivity index is 2.60. The second kappa shape index (κ2) is 7.73. The van der Waals surface area contributed by atoms with Crippen molar-refractivity contribution in [3.8, 4) is 0 Å². The van der Waals surface area contributed by atoms with Gasteiger partial charge in [-0.1, -0.05) is 19.3 Å². The minimum Gasteiger partial charge on any atom is -0.480 e. The number of nitrogens with zero attached hydrogens (tertiary/aromatic N) is 1. The normalized spacial score (nSPS) is 21.0. The molecule has 0 bridgehead atoms. The molecular formula is C12H20N2O5. The molecule has 1 unspecified atom stereocenters. The van der Waals surface area contributed by atoms with E-state index >= 15 is 0 Å². The summed E-state index contributed by atoms with van der Waals surface area (Å²) in [7, 11) is 1.17. The third-order valence-corrected chi connectivity index (χ3v) is 3.17. The van der Waals surface area contributed by atoms with Gasteiger partial charge in [0.25, 0.3) is 0 Å². The molecule has 0 aromatic rings. The molecule has 1 aliphatic rings. The quantitative estimate of drug-likeness (QED) is 0.780. The van der Waals surface area contributed by atoms with E-state index in [1.165, 1.54) is 7.11 Å². The van der Waals surface area contributed by atoms with Crippen molar-refractivity contribution in [3.63, 3.8) is 0 Å². The molecule has 0 aromatic carbocycles. The van der Waals surface area contributed by atoms with Gasteiger partial charge in [0.2, 0.25) is 5.91 Å². The standard InChI is InChI=1S/C12H20N2O5/c1-19-12(18)13-10(15)8-14-7-5-3-2-4-6-9(14)11(16)17/h9H,2-8H2,1H3,(H,16,17)(H,13,15,18). The SMILES string of the molecule is COC(=O)NC(=O)CN1CCCCCCC1C(=O)O. The number of hydrogen-bond donors (Lipinski definition) is 2. The number of methoxy groups -OCH3 is 1. The maximum atomic E-state index is 11.6. The first-order chi connectivity index (χ1) is 9.04. The topological polar surface area (TPSA) is 95.9 Å². The van der Waals surface area contributed by atoms with Crippen LogP contribution >= 0.6 is 0 Å². The average molecular weight is 272 g/mol. The highest BCUT2D eigenvalue weighted by Crippen LogP contribution is 2.16. The van der Waals surface area contributed by atoms with E-state index in [9.17, 15) is 19.5 Å². The van der Waals surface area contributed by atoms with Gasteiger partial charge in [-0.25, -0.2) is 4.79 Å². The van der Waals surface area contributed by atoms with Gasteiger partial charge in [0.15, 0.2) is 0 Å². The maximum absolute atomic E-state index is 11.6. The summed E-state index contributed by atoms with van der Waals surface area (Å²) in [4.78, 5) is 35.3. The number of amides is 2. The highest BCUT2D eigenvalue weighted by Gasteiger charge is 2.28. The van der Waals surface area contributed by atoms with Crippen molar-refractivity contribution in [2.45, 2.75) is 38.1 Å². The summed E-state index contributed by atoms with van der Waals surface area (Å²) in [6.45, 7) is 0.442. The Morgan fingerprint density at radius 3 is 2.58 bits per heavy atom. The third kappa shape index (κ3) is 5.25. The van der Waals surface area contributed by atoms with Gasteiger partial charge in [0, 0.05) is 0 Å². The first-order valence-electron chi connectivity index (χ1n) is 6.39. The average Bonchev–Trinajstić information content (AvgIpc) is 2.32. The molecule has 0 aliphatic carbocycles. The fourth-order valence-electron chi connectivity index (χ4n) is 2.20. The highest BCUT2D eigenvalue weighted by atomic mass is 16.5. The zero-order chi connectivity index (χ0) is 14.3. The molecule has 0 aromatic heterocycles. The van der Waals surface area contributed by atoms with Crippen LogP contribution in [-0.4, -0.2) is 54.2 Å². The predicted molar refractivity (Wildman–Crippen MR) is 66.6 cm³/mol. The summed E-state index contributed by atoms with van der Waals surface area (Å²) in [6, 6.07) is -0.663. The van der Waals surface area contributed by atoms with Crippen molar-refractivity contribution in [2.24, 2.45) is 0 Å². The lowest BCUT2D eigenvalue weighted by molar-refractivity contribution is -0.144. The van der Waals surface area contributed by atoms with Crippen LogP contribution in [0.25, 0.3) is 0 Å². The number of likely N-dealkylation sites (tertiary alicyclic amines) is 1. The summed E-state index contributed by atoms with van der Waals surface area (Å²) in [5.41, 5.74) is 0. The lowest BCUT2D eigenvalue weighted by Crippen LogP contribution is -2.48. The summed E-state index contributed by atoms with van der Waals surface area (Å²) in [5.74, 6) is -1.47. The van der Waals surface area contributed by atoms with Gasteiger partial charge < -0.3 is 9.84 Å². The first kappa shape index (κ1) is 15.4. The number of carbonyl (C=O) groups excluding carboxylic acids is 2. The Hall–Kier alpha value is -1.63. The molecule has 1 heterocycles. The molecule has 2 N–H and O–H groups in total. The number of imide groups is 1. The second-order valence-electron chi connectivity index (χ2n) is 4.57. The van der Waals surface area contributed by atoms with Crippen molar-refractivity contribution < 1.29 is 24.2 Å². The molecule has 1 fully saturated rings. The summed E-state index contributed by atoms with van der Waals surface area (Å²) in [5, 5.41) is 11.2. The molecule has 19 heavy (non-hydrogen) atoms. The Bertz CT molecular complexity index is 345. The van der Waals surface area contributed by atoms with Crippen LogP contribution in [0.3, 0.4) is 0 Å². The number of carbonyl (C=O) groups is 3. The Morgan fingerprint density at radius 1 is 1.26 bits per heavy atom. The predicted octanol–water partition coefficient (Wildman–Crippen LogP) is 0.588. The van der Waals surface area contributed by atoms with Gasteiger partial charge in [0.05, 0.1) is 13.7 Å². The number of alkyl carbamates (subject to hydrolysis) is 1. The van der Waals surface area contributed by atoms with Crippen LogP contribution in [-0.2, 0) is 14.3 Å². The van der Waals surface area contributed by atoms with Crippen LogP contribution in [0.4, 0.5) is 4.79 Å². The van der Waals surface area contributed by atoms with Crippen LogP contribution in [0.5, 0.6) is 0 Å². The van der Waals surface area contributed by atoms with E-state index in [2.05, 4.69) is 4.74 Å². The van der Waals surface area contributed by atoms with E-state index in [1.54, 1.807) is 4.90 Å². The van der Waals surface area contributed by atoms with E-state index in [1.807, 2.05) is 5.32 Å². The van der Waals surface area contributed by atoms with E-state index in [0.717, 1.165) is 25.7 Å². The van der Waals surface area contributed by atoms with Crippen LogP contribution in [0.1, 0.15) is 32.1 Å². The van der Waals surface area contributed by atoms with Crippen LogP contribution in [0.15, 0.2) is 0 Å². The molecule has 1 rings (SSSR count). The van der Waals surface area contributed by atoms with E-state index in [4.69, 9.17) is 0 Å². The van der Waals surface area contributed by atoms with Crippen molar-refractivity contribution in [1.82, 2.24) is 10.2 Å². The summed E-state index contributed by atoms with van der Waals surface area (Å²) < 4.78 is 4.32. The van der Waals surface area contributed by atoms with E-state index in [0.29, 0.717) is 13.0 Å². The maximum Gasteiger partial charge on any atom is 0.413 e. The molecule has 0 spiro atoms. The molecule has 1 aliphatic heterocycles. The smallest absolute Gasteiger partial charge is 0.413 e. The number of hydrogen-bond acceptors (Lipinski definition) is 5. The lowest BCUT2D eigenvalue weighted by Gasteiger charge is -2.29. The molecule has 1 atom stereocenters. The van der Waals surface area contributed by atoms with Gasteiger partial charge in [-0.15, -0.1) is 0 Å². The first-order valence-corrected chi connectivity index (χ1v) is 6.39. The van der Waals surface area contributed by atoms with Crippen molar-refractivity contribution in [1.29, 1.82) is 0 Å². The van der Waals surface area contributed by atoms with Gasteiger partial charge in [-0.3, -0.25) is 19.8 Å². The minimum atomic E-state index is -0.923. The van der Waals surface area contributed by atoms with Crippen LogP contribution in [0.2, 0.25) is 0 Å². The van der Waals surface area contributed by atoms with E-state index < -0.39 is 24.0 Å². The van der Waals surface area contributed by atoms with Gasteiger partial charge >= 0.3 is 12.1 Å². The van der Waals surface area contributed by atoms with Gasteiger partial charge in [-0.2, -0.15) is 0 Å². The summed E-state index contributed by atoms with van der Waals surface area (Å²) >= 11 is 0. The third-order valence-electron chi connectivity index (χ3n) is 3.17. The summed E-state index contributed by atoms with van der Waals surface area (Å²) in [6.07, 6.45) is 3.44. The molecule has 7 heteroatoms. The van der Waals surface area contributed by atoms with Gasteiger partial charge in [-0.05, 0) is 19.4 Å². The Labute approximate surface area is 111 Å². The van der Waals surface area contributed by atoms with Crippen molar-refractivity contribution in [3.05, 3.63) is 0 Å². The minimum absolute atomic E-state index is 0.105. The van der Waals surface area contributed by atoms with Crippen molar-refractivity contribution >= 4 is 18.0 Å². The molecule has 0 radical (unpaired) electrons. The van der Waals surface area contributed by atoms with Gasteiger partial charge in [0.1, 0.15) is 6.04 Å². The van der Waals surface area contributed by atoms with Crippen molar-refractivity contribution in [2.75, 3.05) is 20.2 Å². The van der Waals surface area contributed by atoms with Crippen LogP contribution < -0.4 is 5.32 Å².